The molecule has 0 saturated carbocycles. The molecule has 0 unspecified atom stereocenters. The second-order valence-electron chi connectivity index (χ2n) is 5.98. The summed E-state index contributed by atoms with van der Waals surface area (Å²) < 4.78 is 1.99. The van der Waals surface area contributed by atoms with E-state index in [1.807, 2.05) is 50.9 Å². The van der Waals surface area contributed by atoms with Gasteiger partial charge in [-0.2, -0.15) is 0 Å². The Morgan fingerprint density at radius 1 is 1.00 bits per heavy atom. The van der Waals surface area contributed by atoms with Gasteiger partial charge in [-0.05, 0) is 23.9 Å². The van der Waals surface area contributed by atoms with Gasteiger partial charge in [-0.25, -0.2) is 0 Å². The lowest BCUT2D eigenvalue weighted by Crippen LogP contribution is -2.39. The summed E-state index contributed by atoms with van der Waals surface area (Å²) in [5.41, 5.74) is 6.32. The maximum absolute atomic E-state index is 12.6. The first-order valence-corrected chi connectivity index (χ1v) is 7.96. The van der Waals surface area contributed by atoms with Crippen LogP contribution in [0, 0.1) is 0 Å². The van der Waals surface area contributed by atoms with Gasteiger partial charge in [0.15, 0.2) is 0 Å². The van der Waals surface area contributed by atoms with Gasteiger partial charge in [-0.15, -0.1) is 0 Å². The predicted molar refractivity (Wildman–Crippen MR) is 88.8 cm³/mol. The van der Waals surface area contributed by atoms with E-state index in [0.29, 0.717) is 19.6 Å². The molecule has 1 fully saturated rings. The zero-order chi connectivity index (χ0) is 16.2. The number of carbonyl (C=O) groups is 2. The Hall–Kier alpha value is -2.34. The lowest BCUT2D eigenvalue weighted by molar-refractivity contribution is -0.131. The van der Waals surface area contributed by atoms with Gasteiger partial charge in [0, 0.05) is 37.9 Å². The van der Waals surface area contributed by atoms with Gasteiger partial charge >= 0.3 is 0 Å². The van der Waals surface area contributed by atoms with Crippen molar-refractivity contribution < 1.29 is 9.59 Å². The third kappa shape index (κ3) is 3.71. The van der Waals surface area contributed by atoms with E-state index >= 15 is 0 Å². The van der Waals surface area contributed by atoms with E-state index in [-0.39, 0.29) is 18.4 Å². The van der Waals surface area contributed by atoms with E-state index in [2.05, 4.69) is 0 Å². The van der Waals surface area contributed by atoms with Crippen LogP contribution in [0.1, 0.15) is 6.42 Å². The lowest BCUT2D eigenvalue weighted by atomic mass is 10.2. The highest BCUT2D eigenvalue weighted by Gasteiger charge is 2.20. The van der Waals surface area contributed by atoms with E-state index in [4.69, 9.17) is 5.73 Å². The second kappa shape index (κ2) is 6.83. The largest absolute Gasteiger partial charge is 0.369 e. The first kappa shape index (κ1) is 15.6. The quantitative estimate of drug-likeness (QED) is 0.901. The molecule has 2 amide bonds. The summed E-state index contributed by atoms with van der Waals surface area (Å²) in [5.74, 6) is -0.198. The van der Waals surface area contributed by atoms with Crippen molar-refractivity contribution in [3.05, 3.63) is 36.5 Å². The van der Waals surface area contributed by atoms with Gasteiger partial charge in [0.1, 0.15) is 6.54 Å². The Morgan fingerprint density at radius 2 is 1.83 bits per heavy atom. The number of primary amides is 1. The van der Waals surface area contributed by atoms with Gasteiger partial charge < -0.3 is 15.2 Å². The molecular weight excluding hydrogens is 292 g/mol. The Balaban J connectivity index is 1.63. The summed E-state index contributed by atoms with van der Waals surface area (Å²) >= 11 is 0. The molecule has 6 heteroatoms. The van der Waals surface area contributed by atoms with E-state index < -0.39 is 0 Å². The van der Waals surface area contributed by atoms with Gasteiger partial charge in [-0.1, -0.05) is 18.2 Å². The molecule has 122 valence electrons. The zero-order valence-corrected chi connectivity index (χ0v) is 13.1. The molecule has 23 heavy (non-hydrogen) atoms. The fourth-order valence-electron chi connectivity index (χ4n) is 3.12. The fourth-order valence-corrected chi connectivity index (χ4v) is 3.12. The number of nitrogens with two attached hydrogens (primary N) is 1. The minimum absolute atomic E-state index is 0.118. The Morgan fingerprint density at radius 3 is 2.65 bits per heavy atom. The molecule has 1 aliphatic heterocycles. The third-order valence-electron chi connectivity index (χ3n) is 4.31. The van der Waals surface area contributed by atoms with Crippen LogP contribution in [0.2, 0.25) is 0 Å². The van der Waals surface area contributed by atoms with Crippen LogP contribution in [0.4, 0.5) is 0 Å². The van der Waals surface area contributed by atoms with E-state index in [1.165, 1.54) is 0 Å². The number of rotatable bonds is 4. The summed E-state index contributed by atoms with van der Waals surface area (Å²) in [6, 6.07) is 10.1. The van der Waals surface area contributed by atoms with Crippen molar-refractivity contribution in [3.63, 3.8) is 0 Å². The Bertz CT molecular complexity index is 709. The number of benzene rings is 1. The number of para-hydroxylation sites is 1. The van der Waals surface area contributed by atoms with Crippen molar-refractivity contribution in [2.45, 2.75) is 13.0 Å². The number of fused-ring (bicyclic) bond motifs is 1. The van der Waals surface area contributed by atoms with E-state index in [1.54, 1.807) is 0 Å². The molecule has 1 aromatic carbocycles. The average molecular weight is 314 g/mol. The van der Waals surface area contributed by atoms with Crippen LogP contribution < -0.4 is 5.73 Å². The summed E-state index contributed by atoms with van der Waals surface area (Å²) in [7, 11) is 0. The number of hydrogen-bond donors (Lipinski definition) is 1. The number of carbonyl (C=O) groups excluding carboxylic acids is 2. The maximum atomic E-state index is 12.6. The standard InChI is InChI=1S/C17H22N4O2/c18-16(22)12-19-7-3-8-20(11-10-19)17(23)13-21-9-6-14-4-1-2-5-15(14)21/h1-2,4-6,9H,3,7-8,10-13H2,(H2,18,22). The maximum Gasteiger partial charge on any atom is 0.242 e. The van der Waals surface area contributed by atoms with Crippen molar-refractivity contribution >= 4 is 22.7 Å². The monoisotopic (exact) mass is 314 g/mol. The number of hydrogen-bond acceptors (Lipinski definition) is 3. The van der Waals surface area contributed by atoms with E-state index in [0.717, 1.165) is 30.4 Å². The molecule has 1 aliphatic rings. The normalized spacial score (nSPS) is 16.4. The molecule has 2 heterocycles. The summed E-state index contributed by atoms with van der Waals surface area (Å²) in [5, 5.41) is 1.14. The predicted octanol–water partition coefficient (Wildman–Crippen LogP) is 0.661. The van der Waals surface area contributed by atoms with Crippen molar-refractivity contribution in [1.29, 1.82) is 0 Å². The minimum Gasteiger partial charge on any atom is -0.369 e. The Kier molecular flexibility index (Phi) is 4.62. The molecule has 0 radical (unpaired) electrons. The number of nitrogens with zero attached hydrogens (tertiary/aromatic N) is 3. The molecule has 2 N–H and O–H groups in total. The third-order valence-corrected chi connectivity index (χ3v) is 4.31. The van der Waals surface area contributed by atoms with Crippen LogP contribution in [0.5, 0.6) is 0 Å². The minimum atomic E-state index is -0.316. The molecule has 0 aliphatic carbocycles. The highest BCUT2D eigenvalue weighted by Crippen LogP contribution is 2.15. The summed E-state index contributed by atoms with van der Waals surface area (Å²) in [4.78, 5) is 27.5. The van der Waals surface area contributed by atoms with Crippen LogP contribution in [-0.2, 0) is 16.1 Å². The SMILES string of the molecule is NC(=O)CN1CCCN(C(=O)Cn2ccc3ccccc32)CC1. The average Bonchev–Trinajstić information content (AvgIpc) is 2.78. The van der Waals surface area contributed by atoms with Crippen LogP contribution >= 0.6 is 0 Å². The van der Waals surface area contributed by atoms with Crippen molar-refractivity contribution in [2.24, 2.45) is 5.73 Å². The second-order valence-corrected chi connectivity index (χ2v) is 5.98. The van der Waals surface area contributed by atoms with Crippen LogP contribution in [0.15, 0.2) is 36.5 Å². The van der Waals surface area contributed by atoms with Crippen LogP contribution in [0.25, 0.3) is 10.9 Å². The topological polar surface area (TPSA) is 71.6 Å². The first-order valence-electron chi connectivity index (χ1n) is 7.96. The van der Waals surface area contributed by atoms with Gasteiger partial charge in [0.2, 0.25) is 11.8 Å². The molecule has 0 spiro atoms. The molecule has 0 bridgehead atoms. The lowest BCUT2D eigenvalue weighted by Gasteiger charge is -2.21. The molecule has 3 rings (SSSR count). The Labute approximate surface area is 135 Å². The van der Waals surface area contributed by atoms with Gasteiger partial charge in [0.05, 0.1) is 6.54 Å². The molecular formula is C17H22N4O2. The first-order chi connectivity index (χ1) is 11.1. The van der Waals surface area contributed by atoms with Gasteiger partial charge in [0.25, 0.3) is 0 Å². The smallest absolute Gasteiger partial charge is 0.242 e. The van der Waals surface area contributed by atoms with E-state index in [9.17, 15) is 9.59 Å². The highest BCUT2D eigenvalue weighted by molar-refractivity contribution is 5.83. The zero-order valence-electron chi connectivity index (χ0n) is 13.1. The fraction of sp³-hybridized carbons (Fsp3) is 0.412. The summed E-state index contributed by atoms with van der Waals surface area (Å²) in [6.45, 7) is 3.49. The summed E-state index contributed by atoms with van der Waals surface area (Å²) in [6.07, 6.45) is 2.82. The highest BCUT2D eigenvalue weighted by atomic mass is 16.2. The van der Waals surface area contributed by atoms with Crippen molar-refractivity contribution in [3.8, 4) is 0 Å². The molecule has 1 saturated heterocycles. The van der Waals surface area contributed by atoms with Crippen molar-refractivity contribution in [1.82, 2.24) is 14.4 Å². The van der Waals surface area contributed by atoms with Gasteiger partial charge in [-0.3, -0.25) is 14.5 Å². The number of aromatic nitrogens is 1. The van der Waals surface area contributed by atoms with Crippen molar-refractivity contribution in [2.75, 3.05) is 32.7 Å². The van der Waals surface area contributed by atoms with Crippen LogP contribution in [-0.4, -0.2) is 58.9 Å². The number of amides is 2. The van der Waals surface area contributed by atoms with Crippen LogP contribution in [0.3, 0.4) is 0 Å². The molecule has 2 aromatic rings. The molecule has 1 aromatic heterocycles. The molecule has 0 atom stereocenters. The molecule has 6 nitrogen and oxygen atoms in total.